The molecule has 0 radical (unpaired) electrons. The molecule has 1 aromatic rings. The summed E-state index contributed by atoms with van der Waals surface area (Å²) in [5.41, 5.74) is 2.03. The lowest BCUT2D eigenvalue weighted by molar-refractivity contribution is 0.225. The normalized spacial score (nSPS) is 12.1. The fourth-order valence-electron chi connectivity index (χ4n) is 2.13. The van der Waals surface area contributed by atoms with Gasteiger partial charge in [-0.3, -0.25) is 0 Å². The summed E-state index contributed by atoms with van der Waals surface area (Å²) in [6, 6.07) is 3.96. The summed E-state index contributed by atoms with van der Waals surface area (Å²) in [6.45, 7) is 5.07. The monoisotopic (exact) mass is 267 g/mol. The zero-order valence-corrected chi connectivity index (χ0v) is 12.6. The Labute approximate surface area is 115 Å². The molecule has 0 aliphatic heterocycles. The van der Waals surface area contributed by atoms with Crippen molar-refractivity contribution >= 4 is 5.69 Å². The van der Waals surface area contributed by atoms with E-state index in [4.69, 9.17) is 9.47 Å². The van der Waals surface area contributed by atoms with Crippen LogP contribution < -0.4 is 14.4 Å². The van der Waals surface area contributed by atoms with Crippen molar-refractivity contribution in [1.82, 2.24) is 0 Å². The first-order valence-electron chi connectivity index (χ1n) is 6.61. The van der Waals surface area contributed by atoms with E-state index in [-0.39, 0.29) is 12.5 Å². The van der Waals surface area contributed by atoms with Gasteiger partial charge in [-0.25, -0.2) is 0 Å². The highest BCUT2D eigenvalue weighted by molar-refractivity contribution is 5.63. The van der Waals surface area contributed by atoms with Crippen LogP contribution >= 0.6 is 0 Å². The van der Waals surface area contributed by atoms with Gasteiger partial charge < -0.3 is 19.5 Å². The molecule has 1 aromatic carbocycles. The van der Waals surface area contributed by atoms with Gasteiger partial charge in [-0.15, -0.1) is 0 Å². The Morgan fingerprint density at radius 3 is 2.32 bits per heavy atom. The molecular weight excluding hydrogens is 242 g/mol. The number of hydrogen-bond acceptors (Lipinski definition) is 4. The maximum absolute atomic E-state index is 9.31. The number of aryl methyl sites for hydroxylation is 1. The molecule has 0 aliphatic carbocycles. The summed E-state index contributed by atoms with van der Waals surface area (Å²) in [5, 5.41) is 9.31. The Kier molecular flexibility index (Phi) is 5.96. The molecule has 108 valence electrons. The molecule has 0 heterocycles. The minimum absolute atomic E-state index is 0.201. The Bertz CT molecular complexity index is 403. The van der Waals surface area contributed by atoms with Gasteiger partial charge in [0.05, 0.1) is 19.9 Å². The van der Waals surface area contributed by atoms with Gasteiger partial charge in [0.2, 0.25) is 0 Å². The van der Waals surface area contributed by atoms with Crippen LogP contribution in [-0.4, -0.2) is 39.5 Å². The van der Waals surface area contributed by atoms with Crippen molar-refractivity contribution < 1.29 is 14.6 Å². The Hall–Kier alpha value is -1.42. The first kappa shape index (κ1) is 15.6. The minimum Gasteiger partial charge on any atom is -0.496 e. The lowest BCUT2D eigenvalue weighted by Gasteiger charge is -2.26. The topological polar surface area (TPSA) is 41.9 Å². The molecule has 1 atom stereocenters. The molecule has 0 aromatic heterocycles. The summed E-state index contributed by atoms with van der Waals surface area (Å²) >= 11 is 0. The average Bonchev–Trinajstić information content (AvgIpc) is 2.43. The number of methoxy groups -OCH3 is 2. The molecule has 0 saturated carbocycles. The van der Waals surface area contributed by atoms with E-state index < -0.39 is 0 Å². The number of benzene rings is 1. The van der Waals surface area contributed by atoms with Crippen LogP contribution in [0, 0.1) is 12.8 Å². The zero-order valence-electron chi connectivity index (χ0n) is 12.6. The van der Waals surface area contributed by atoms with Gasteiger partial charge in [0, 0.05) is 26.3 Å². The van der Waals surface area contributed by atoms with Crippen molar-refractivity contribution in [2.75, 3.05) is 39.3 Å². The van der Waals surface area contributed by atoms with Crippen molar-refractivity contribution in [2.45, 2.75) is 20.3 Å². The molecule has 1 rings (SSSR count). The molecule has 4 heteroatoms. The molecule has 0 fully saturated rings. The van der Waals surface area contributed by atoms with E-state index in [9.17, 15) is 5.11 Å². The molecule has 0 spiro atoms. The number of rotatable bonds is 7. The van der Waals surface area contributed by atoms with E-state index in [0.29, 0.717) is 0 Å². The van der Waals surface area contributed by atoms with Crippen LogP contribution in [0.3, 0.4) is 0 Å². The quantitative estimate of drug-likeness (QED) is 0.824. The van der Waals surface area contributed by atoms with E-state index >= 15 is 0 Å². The lowest BCUT2D eigenvalue weighted by Crippen LogP contribution is -2.27. The van der Waals surface area contributed by atoms with Crippen molar-refractivity contribution in [3.05, 3.63) is 17.7 Å². The van der Waals surface area contributed by atoms with Gasteiger partial charge in [-0.2, -0.15) is 0 Å². The highest BCUT2D eigenvalue weighted by Gasteiger charge is 2.15. The van der Waals surface area contributed by atoms with E-state index in [1.165, 1.54) is 0 Å². The van der Waals surface area contributed by atoms with Gasteiger partial charge >= 0.3 is 0 Å². The Morgan fingerprint density at radius 1 is 1.21 bits per heavy atom. The molecule has 0 saturated heterocycles. The third-order valence-corrected chi connectivity index (χ3v) is 3.48. The third kappa shape index (κ3) is 3.77. The van der Waals surface area contributed by atoms with Crippen molar-refractivity contribution in [2.24, 2.45) is 5.92 Å². The molecule has 0 amide bonds. The fraction of sp³-hybridized carbons (Fsp3) is 0.600. The van der Waals surface area contributed by atoms with Crippen LogP contribution in [-0.2, 0) is 0 Å². The summed E-state index contributed by atoms with van der Waals surface area (Å²) in [6.07, 6.45) is 0.951. The van der Waals surface area contributed by atoms with E-state index in [2.05, 4.69) is 11.8 Å². The molecule has 19 heavy (non-hydrogen) atoms. The first-order chi connectivity index (χ1) is 9.07. The van der Waals surface area contributed by atoms with E-state index in [1.54, 1.807) is 14.2 Å². The molecule has 1 N–H and O–H groups in total. The Balaban J connectivity index is 3.03. The standard InChI is InChI=1S/C15H25NO3/c1-6-12(10-17)9-16(3)13-8-14(18-4)11(2)7-15(13)19-5/h7-8,12,17H,6,9-10H2,1-5H3. The summed E-state index contributed by atoms with van der Waals surface area (Å²) < 4.78 is 10.8. The average molecular weight is 267 g/mol. The molecule has 0 bridgehead atoms. The van der Waals surface area contributed by atoms with Crippen LogP contribution in [0.25, 0.3) is 0 Å². The maximum atomic E-state index is 9.31. The van der Waals surface area contributed by atoms with Gasteiger partial charge in [0.15, 0.2) is 0 Å². The van der Waals surface area contributed by atoms with Gasteiger partial charge in [-0.1, -0.05) is 6.92 Å². The first-order valence-corrected chi connectivity index (χ1v) is 6.61. The van der Waals surface area contributed by atoms with Crippen LogP contribution in [0.5, 0.6) is 11.5 Å². The van der Waals surface area contributed by atoms with Crippen molar-refractivity contribution in [3.63, 3.8) is 0 Å². The SMILES string of the molecule is CCC(CO)CN(C)c1cc(OC)c(C)cc1OC. The van der Waals surface area contributed by atoms with E-state index in [1.807, 2.05) is 26.1 Å². The number of hydrogen-bond donors (Lipinski definition) is 1. The molecular formula is C15H25NO3. The predicted molar refractivity (Wildman–Crippen MR) is 78.4 cm³/mol. The highest BCUT2D eigenvalue weighted by Crippen LogP contribution is 2.34. The largest absolute Gasteiger partial charge is 0.496 e. The minimum atomic E-state index is 0.201. The summed E-state index contributed by atoms with van der Waals surface area (Å²) in [5.74, 6) is 1.94. The smallest absolute Gasteiger partial charge is 0.142 e. The number of nitrogens with zero attached hydrogens (tertiary/aromatic N) is 1. The predicted octanol–water partition coefficient (Wildman–Crippen LogP) is 2.47. The second kappa shape index (κ2) is 7.24. The summed E-state index contributed by atoms with van der Waals surface area (Å²) in [7, 11) is 5.34. The number of anilines is 1. The van der Waals surface area contributed by atoms with Gasteiger partial charge in [-0.05, 0) is 30.9 Å². The lowest BCUT2D eigenvalue weighted by atomic mass is 10.1. The van der Waals surface area contributed by atoms with Crippen molar-refractivity contribution in [3.8, 4) is 11.5 Å². The number of aliphatic hydroxyl groups excluding tert-OH is 1. The van der Waals surface area contributed by atoms with Crippen LogP contribution in [0.15, 0.2) is 12.1 Å². The fourth-order valence-corrected chi connectivity index (χ4v) is 2.13. The number of ether oxygens (including phenoxy) is 2. The second-order valence-electron chi connectivity index (χ2n) is 4.83. The van der Waals surface area contributed by atoms with Gasteiger partial charge in [0.25, 0.3) is 0 Å². The zero-order chi connectivity index (χ0) is 14.4. The van der Waals surface area contributed by atoms with Crippen molar-refractivity contribution in [1.29, 1.82) is 0 Å². The van der Waals surface area contributed by atoms with Crippen LogP contribution in [0.1, 0.15) is 18.9 Å². The van der Waals surface area contributed by atoms with Gasteiger partial charge in [0.1, 0.15) is 11.5 Å². The molecule has 4 nitrogen and oxygen atoms in total. The summed E-state index contributed by atoms with van der Waals surface area (Å²) in [4.78, 5) is 2.10. The van der Waals surface area contributed by atoms with E-state index in [0.717, 1.165) is 35.7 Å². The molecule has 1 unspecified atom stereocenters. The maximum Gasteiger partial charge on any atom is 0.142 e. The highest BCUT2D eigenvalue weighted by atomic mass is 16.5. The number of aliphatic hydroxyl groups is 1. The molecule has 0 aliphatic rings. The van der Waals surface area contributed by atoms with Crippen LogP contribution in [0.2, 0.25) is 0 Å². The van der Waals surface area contributed by atoms with Crippen LogP contribution in [0.4, 0.5) is 5.69 Å². The second-order valence-corrected chi connectivity index (χ2v) is 4.83. The Morgan fingerprint density at radius 2 is 1.84 bits per heavy atom. The third-order valence-electron chi connectivity index (χ3n) is 3.48.